The summed E-state index contributed by atoms with van der Waals surface area (Å²) in [5.74, 6) is 0.378. The molecule has 1 heteroatoms. The lowest BCUT2D eigenvalue weighted by atomic mass is 9.88. The van der Waals surface area contributed by atoms with E-state index in [4.69, 9.17) is 0 Å². The van der Waals surface area contributed by atoms with Gasteiger partial charge in [0.05, 0.1) is 0 Å². The molecule has 0 fully saturated rings. The third-order valence-corrected chi connectivity index (χ3v) is 6.73. The minimum atomic E-state index is -0.123. The zero-order valence-corrected chi connectivity index (χ0v) is 19.5. The van der Waals surface area contributed by atoms with Gasteiger partial charge in [0.1, 0.15) is 5.82 Å². The summed E-state index contributed by atoms with van der Waals surface area (Å²) in [6.07, 6.45) is 2.10. The normalized spacial score (nSPS) is 12.0. The van der Waals surface area contributed by atoms with Crippen molar-refractivity contribution in [2.45, 2.75) is 46.5 Å². The second-order valence-electron chi connectivity index (χ2n) is 8.90. The second kappa shape index (κ2) is 9.53. The first-order chi connectivity index (χ1) is 15.5. The van der Waals surface area contributed by atoms with Gasteiger partial charge in [0.15, 0.2) is 0 Å². The van der Waals surface area contributed by atoms with E-state index in [-0.39, 0.29) is 5.82 Å². The molecule has 0 saturated carbocycles. The predicted molar refractivity (Wildman–Crippen MR) is 135 cm³/mol. The number of halogens is 1. The van der Waals surface area contributed by atoms with Crippen molar-refractivity contribution >= 4 is 0 Å². The molecule has 0 aliphatic carbocycles. The molecule has 0 aromatic heterocycles. The van der Waals surface area contributed by atoms with Crippen LogP contribution in [0.15, 0.2) is 84.9 Å². The van der Waals surface area contributed by atoms with E-state index in [0.29, 0.717) is 11.5 Å². The summed E-state index contributed by atoms with van der Waals surface area (Å²) >= 11 is 0. The Balaban J connectivity index is 1.63. The molecule has 1 atom stereocenters. The Hall–Kier alpha value is -3.19. The number of benzene rings is 4. The van der Waals surface area contributed by atoms with Crippen molar-refractivity contribution in [3.05, 3.63) is 119 Å². The fourth-order valence-electron chi connectivity index (χ4n) is 4.55. The first-order valence-corrected chi connectivity index (χ1v) is 11.5. The molecule has 0 amide bonds. The largest absolute Gasteiger partial charge is 0.206 e. The number of rotatable bonds is 6. The van der Waals surface area contributed by atoms with Gasteiger partial charge in [0.25, 0.3) is 0 Å². The van der Waals surface area contributed by atoms with Crippen LogP contribution in [0.25, 0.3) is 22.3 Å². The average molecular weight is 423 g/mol. The molecule has 1 unspecified atom stereocenters. The van der Waals surface area contributed by atoms with Crippen LogP contribution in [0, 0.1) is 26.6 Å². The summed E-state index contributed by atoms with van der Waals surface area (Å²) in [6.45, 7) is 8.31. The zero-order chi connectivity index (χ0) is 22.7. The van der Waals surface area contributed by atoms with E-state index in [1.807, 2.05) is 38.1 Å². The molecule has 0 aliphatic rings. The summed E-state index contributed by atoms with van der Waals surface area (Å²) < 4.78 is 15.0. The van der Waals surface area contributed by atoms with E-state index >= 15 is 0 Å². The van der Waals surface area contributed by atoms with Crippen LogP contribution in [0.3, 0.4) is 0 Å². The van der Waals surface area contributed by atoms with Gasteiger partial charge in [-0.05, 0) is 90.1 Å². The monoisotopic (exact) mass is 422 g/mol. The minimum absolute atomic E-state index is 0.123. The van der Waals surface area contributed by atoms with Crippen LogP contribution >= 0.6 is 0 Å². The Morgan fingerprint density at radius 1 is 0.688 bits per heavy atom. The van der Waals surface area contributed by atoms with Gasteiger partial charge in [-0.15, -0.1) is 0 Å². The summed E-state index contributed by atoms with van der Waals surface area (Å²) in [6, 6.07) is 29.5. The zero-order valence-electron chi connectivity index (χ0n) is 19.5. The van der Waals surface area contributed by atoms with Gasteiger partial charge < -0.3 is 0 Å². The summed E-state index contributed by atoms with van der Waals surface area (Å²) in [7, 11) is 0. The SMILES string of the molecule is Cc1ccccc1C(C)CCc1ccccc1-c1cccc(-c2ccc(C)c(C)c2F)c1. The predicted octanol–water partition coefficient (Wildman–Crippen LogP) is 8.82. The molecule has 0 aliphatic heterocycles. The van der Waals surface area contributed by atoms with E-state index in [9.17, 15) is 4.39 Å². The van der Waals surface area contributed by atoms with Crippen LogP contribution in [-0.4, -0.2) is 0 Å². The van der Waals surface area contributed by atoms with E-state index in [2.05, 4.69) is 74.5 Å². The molecule has 0 saturated heterocycles. The third kappa shape index (κ3) is 4.53. The molecule has 32 heavy (non-hydrogen) atoms. The van der Waals surface area contributed by atoms with Gasteiger partial charge >= 0.3 is 0 Å². The maximum Gasteiger partial charge on any atom is 0.134 e. The van der Waals surface area contributed by atoms with Gasteiger partial charge in [-0.1, -0.05) is 85.8 Å². The van der Waals surface area contributed by atoms with Gasteiger partial charge in [-0.3, -0.25) is 0 Å². The Morgan fingerprint density at radius 2 is 1.38 bits per heavy atom. The van der Waals surface area contributed by atoms with E-state index in [1.165, 1.54) is 22.3 Å². The quantitative estimate of drug-likeness (QED) is 0.291. The van der Waals surface area contributed by atoms with Crippen molar-refractivity contribution in [1.82, 2.24) is 0 Å². The van der Waals surface area contributed by atoms with Crippen molar-refractivity contribution in [1.29, 1.82) is 0 Å². The molecule has 4 rings (SSSR count). The lowest BCUT2D eigenvalue weighted by Gasteiger charge is -2.17. The van der Waals surface area contributed by atoms with Crippen LogP contribution in [0.5, 0.6) is 0 Å². The molecule has 0 spiro atoms. The highest BCUT2D eigenvalue weighted by molar-refractivity contribution is 5.75. The Kier molecular flexibility index (Phi) is 6.55. The highest BCUT2D eigenvalue weighted by Crippen LogP contribution is 2.33. The van der Waals surface area contributed by atoms with Crippen molar-refractivity contribution in [3.63, 3.8) is 0 Å². The van der Waals surface area contributed by atoms with Crippen molar-refractivity contribution in [2.24, 2.45) is 0 Å². The van der Waals surface area contributed by atoms with Gasteiger partial charge in [0.2, 0.25) is 0 Å². The Labute approximate surface area is 191 Å². The lowest BCUT2D eigenvalue weighted by molar-refractivity contribution is 0.620. The highest BCUT2D eigenvalue weighted by Gasteiger charge is 2.13. The van der Waals surface area contributed by atoms with Crippen LogP contribution in [0.4, 0.5) is 4.39 Å². The second-order valence-corrected chi connectivity index (χ2v) is 8.90. The van der Waals surface area contributed by atoms with Gasteiger partial charge in [0, 0.05) is 5.56 Å². The first-order valence-electron chi connectivity index (χ1n) is 11.5. The number of aryl methyl sites for hydroxylation is 3. The maximum absolute atomic E-state index is 15.0. The topological polar surface area (TPSA) is 0 Å². The van der Waals surface area contributed by atoms with Crippen molar-refractivity contribution in [2.75, 3.05) is 0 Å². The fraction of sp³-hybridized carbons (Fsp3) is 0.226. The van der Waals surface area contributed by atoms with Crippen LogP contribution in [-0.2, 0) is 6.42 Å². The smallest absolute Gasteiger partial charge is 0.134 e. The summed E-state index contributed by atoms with van der Waals surface area (Å²) in [5, 5.41) is 0. The van der Waals surface area contributed by atoms with E-state index < -0.39 is 0 Å². The van der Waals surface area contributed by atoms with Crippen LogP contribution in [0.1, 0.15) is 47.1 Å². The average Bonchev–Trinajstić information content (AvgIpc) is 2.82. The summed E-state index contributed by atoms with van der Waals surface area (Å²) in [5.41, 5.74) is 9.79. The molecule has 162 valence electrons. The highest BCUT2D eigenvalue weighted by atomic mass is 19.1. The Bertz CT molecular complexity index is 1230. The van der Waals surface area contributed by atoms with Gasteiger partial charge in [-0.25, -0.2) is 4.39 Å². The standard InChI is InChI=1S/C31H31F/c1-21-17-19-30(31(32)24(21)4)27-13-9-12-26(20-27)29-15-8-6-11-25(29)18-16-23(3)28-14-7-5-10-22(28)2/h5-15,17,19-20,23H,16,18H2,1-4H3. The molecule has 4 aromatic rings. The van der Waals surface area contributed by atoms with E-state index in [0.717, 1.165) is 35.1 Å². The molecule has 0 bridgehead atoms. The first kappa shape index (κ1) is 22.0. The molecule has 4 aromatic carbocycles. The molecule has 0 heterocycles. The van der Waals surface area contributed by atoms with Crippen LogP contribution in [0.2, 0.25) is 0 Å². The molecule has 0 nitrogen and oxygen atoms in total. The third-order valence-electron chi connectivity index (χ3n) is 6.73. The number of hydrogen-bond donors (Lipinski definition) is 0. The van der Waals surface area contributed by atoms with Gasteiger partial charge in [-0.2, -0.15) is 0 Å². The lowest BCUT2D eigenvalue weighted by Crippen LogP contribution is -2.00. The van der Waals surface area contributed by atoms with Crippen LogP contribution < -0.4 is 0 Å². The minimum Gasteiger partial charge on any atom is -0.206 e. The maximum atomic E-state index is 15.0. The molecular weight excluding hydrogens is 391 g/mol. The van der Waals surface area contributed by atoms with Crippen molar-refractivity contribution < 1.29 is 4.39 Å². The molecule has 0 N–H and O–H groups in total. The van der Waals surface area contributed by atoms with E-state index in [1.54, 1.807) is 0 Å². The fourth-order valence-corrected chi connectivity index (χ4v) is 4.55. The summed E-state index contributed by atoms with van der Waals surface area (Å²) in [4.78, 5) is 0. The van der Waals surface area contributed by atoms with Crippen molar-refractivity contribution in [3.8, 4) is 22.3 Å². The molecule has 0 radical (unpaired) electrons. The Morgan fingerprint density at radius 3 is 2.16 bits per heavy atom. The molecular formula is C31H31F. The number of hydrogen-bond acceptors (Lipinski definition) is 0.